The molecule has 0 unspecified atom stereocenters. The van der Waals surface area contributed by atoms with E-state index in [9.17, 15) is 18.0 Å². The molecule has 2 saturated heterocycles. The standard InChI is InChI=1S/C21H26N6O2.C2HF3O2/c1-24-8-2-3-18(24)21(28)26-9-6-16(7-10-26)20-22-19-5-4-17(15-27(19)23-20)25-11-13-29-14-12-25;3-2(4,5)1(6)7/h2-5,8,15-16H,6-7,9-14H2,1H3;(H,6,7). The van der Waals surface area contributed by atoms with Crippen molar-refractivity contribution < 1.29 is 32.6 Å². The van der Waals surface area contributed by atoms with Gasteiger partial charge in [-0.05, 0) is 37.1 Å². The molecule has 0 spiro atoms. The van der Waals surface area contributed by atoms with Gasteiger partial charge in [0.25, 0.3) is 5.91 Å². The zero-order valence-electron chi connectivity index (χ0n) is 19.7. The Morgan fingerprint density at radius 3 is 2.33 bits per heavy atom. The lowest BCUT2D eigenvalue weighted by atomic mass is 9.96. The Bertz CT molecular complexity index is 1210. The minimum atomic E-state index is -5.08. The van der Waals surface area contributed by atoms with Crippen molar-refractivity contribution >= 4 is 23.2 Å². The molecule has 2 aliphatic heterocycles. The molecule has 194 valence electrons. The van der Waals surface area contributed by atoms with E-state index in [0.717, 1.165) is 75.1 Å². The highest BCUT2D eigenvalue weighted by Gasteiger charge is 2.38. The van der Waals surface area contributed by atoms with Gasteiger partial charge in [0.1, 0.15) is 5.69 Å². The van der Waals surface area contributed by atoms with Crippen LogP contribution in [0.4, 0.5) is 18.9 Å². The number of aryl methyl sites for hydroxylation is 1. The lowest BCUT2D eigenvalue weighted by molar-refractivity contribution is -0.192. The maximum atomic E-state index is 12.7. The van der Waals surface area contributed by atoms with Gasteiger partial charge in [0.05, 0.1) is 25.1 Å². The van der Waals surface area contributed by atoms with Crippen molar-refractivity contribution in [1.29, 1.82) is 0 Å². The van der Waals surface area contributed by atoms with Crippen LogP contribution in [0.5, 0.6) is 0 Å². The monoisotopic (exact) mass is 508 g/mol. The molecule has 1 N–H and O–H groups in total. The van der Waals surface area contributed by atoms with E-state index in [0.29, 0.717) is 5.92 Å². The predicted molar refractivity (Wildman–Crippen MR) is 123 cm³/mol. The van der Waals surface area contributed by atoms with Crippen LogP contribution in [0.15, 0.2) is 36.7 Å². The number of ether oxygens (including phenoxy) is 1. The number of aliphatic carboxylic acids is 1. The van der Waals surface area contributed by atoms with Crippen LogP contribution in [-0.2, 0) is 16.6 Å². The van der Waals surface area contributed by atoms with Gasteiger partial charge in [-0.25, -0.2) is 14.3 Å². The summed E-state index contributed by atoms with van der Waals surface area (Å²) in [5.41, 5.74) is 2.77. The number of carbonyl (C=O) groups excluding carboxylic acids is 1. The van der Waals surface area contributed by atoms with Crippen LogP contribution in [0.25, 0.3) is 5.65 Å². The normalized spacial score (nSPS) is 17.1. The molecule has 0 aromatic carbocycles. The fraction of sp³-hybridized carbons (Fsp3) is 0.478. The molecule has 1 amide bonds. The summed E-state index contributed by atoms with van der Waals surface area (Å²) in [6.45, 7) is 4.81. The number of carbonyl (C=O) groups is 2. The molecular weight excluding hydrogens is 481 g/mol. The highest BCUT2D eigenvalue weighted by molar-refractivity contribution is 5.92. The molecule has 3 aromatic heterocycles. The quantitative estimate of drug-likeness (QED) is 0.580. The summed E-state index contributed by atoms with van der Waals surface area (Å²) in [6.07, 6.45) is 0.670. The lowest BCUT2D eigenvalue weighted by Gasteiger charge is -2.30. The molecule has 5 rings (SSSR count). The number of hydrogen-bond acceptors (Lipinski definition) is 6. The molecule has 10 nitrogen and oxygen atoms in total. The first-order valence-corrected chi connectivity index (χ1v) is 11.5. The molecular formula is C23H27F3N6O4. The van der Waals surface area contributed by atoms with Crippen LogP contribution in [0.2, 0.25) is 0 Å². The number of anilines is 1. The Balaban J connectivity index is 0.000000384. The van der Waals surface area contributed by atoms with Gasteiger partial charge in [-0.3, -0.25) is 4.79 Å². The number of pyridine rings is 1. The van der Waals surface area contributed by atoms with Crippen molar-refractivity contribution in [3.8, 4) is 0 Å². The summed E-state index contributed by atoms with van der Waals surface area (Å²) in [6, 6.07) is 7.94. The molecule has 0 atom stereocenters. The second kappa shape index (κ2) is 10.6. The van der Waals surface area contributed by atoms with Crippen LogP contribution in [0, 0.1) is 0 Å². The van der Waals surface area contributed by atoms with Gasteiger partial charge >= 0.3 is 12.1 Å². The van der Waals surface area contributed by atoms with E-state index >= 15 is 0 Å². The van der Waals surface area contributed by atoms with Crippen molar-refractivity contribution in [2.45, 2.75) is 24.9 Å². The molecule has 3 aromatic rings. The Labute approximate surface area is 204 Å². The molecule has 13 heteroatoms. The number of carboxylic acids is 1. The van der Waals surface area contributed by atoms with Crippen molar-refractivity contribution in [1.82, 2.24) is 24.1 Å². The highest BCUT2D eigenvalue weighted by Crippen LogP contribution is 2.27. The number of piperidine rings is 1. The number of morpholine rings is 1. The van der Waals surface area contributed by atoms with E-state index in [2.05, 4.69) is 17.2 Å². The van der Waals surface area contributed by atoms with Crippen molar-refractivity contribution in [3.63, 3.8) is 0 Å². The summed E-state index contributed by atoms with van der Waals surface area (Å²) in [4.78, 5) is 30.6. The zero-order chi connectivity index (χ0) is 25.9. The third-order valence-corrected chi connectivity index (χ3v) is 6.26. The van der Waals surface area contributed by atoms with Gasteiger partial charge in [0.15, 0.2) is 11.5 Å². The first kappa shape index (κ1) is 25.5. The van der Waals surface area contributed by atoms with Crippen molar-refractivity contribution in [2.24, 2.45) is 7.05 Å². The Hall–Kier alpha value is -3.61. The molecule has 0 bridgehead atoms. The number of amides is 1. The Kier molecular flexibility index (Phi) is 7.48. The largest absolute Gasteiger partial charge is 0.490 e. The summed E-state index contributed by atoms with van der Waals surface area (Å²) in [5, 5.41) is 11.9. The van der Waals surface area contributed by atoms with E-state index in [4.69, 9.17) is 24.7 Å². The van der Waals surface area contributed by atoms with Crippen LogP contribution >= 0.6 is 0 Å². The number of nitrogens with zero attached hydrogens (tertiary/aromatic N) is 6. The van der Waals surface area contributed by atoms with Crippen LogP contribution in [0.3, 0.4) is 0 Å². The summed E-state index contributed by atoms with van der Waals surface area (Å²) >= 11 is 0. The van der Waals surface area contributed by atoms with Gasteiger partial charge in [0, 0.05) is 45.3 Å². The second-order valence-corrected chi connectivity index (χ2v) is 8.63. The number of carboxylic acid groups (broad SMARTS) is 1. The van der Waals surface area contributed by atoms with E-state index < -0.39 is 12.1 Å². The van der Waals surface area contributed by atoms with Gasteiger partial charge in [0.2, 0.25) is 0 Å². The molecule has 2 aliphatic rings. The number of halogens is 3. The van der Waals surface area contributed by atoms with Gasteiger partial charge in [-0.1, -0.05) is 0 Å². The number of fused-ring (bicyclic) bond motifs is 1. The summed E-state index contributed by atoms with van der Waals surface area (Å²) in [5.74, 6) is -1.48. The fourth-order valence-electron chi connectivity index (χ4n) is 4.26. The molecule has 5 heterocycles. The number of alkyl halides is 3. The van der Waals surface area contributed by atoms with Crippen molar-refractivity contribution in [3.05, 3.63) is 48.2 Å². The Morgan fingerprint density at radius 1 is 1.08 bits per heavy atom. The van der Waals surface area contributed by atoms with E-state index in [1.54, 1.807) is 0 Å². The van der Waals surface area contributed by atoms with Gasteiger partial charge in [-0.2, -0.15) is 18.3 Å². The SMILES string of the molecule is Cn1cccc1C(=O)N1CCC(c2nc3ccc(N4CCOCC4)cn3n2)CC1.O=C(O)C(F)(F)F. The first-order valence-electron chi connectivity index (χ1n) is 11.5. The maximum Gasteiger partial charge on any atom is 0.490 e. The second-order valence-electron chi connectivity index (χ2n) is 8.63. The smallest absolute Gasteiger partial charge is 0.475 e. The van der Waals surface area contributed by atoms with Gasteiger partial charge in [-0.15, -0.1) is 0 Å². The third-order valence-electron chi connectivity index (χ3n) is 6.26. The number of hydrogen-bond donors (Lipinski definition) is 1. The van der Waals surface area contributed by atoms with Crippen LogP contribution in [-0.4, -0.2) is 86.6 Å². The summed E-state index contributed by atoms with van der Waals surface area (Å²) in [7, 11) is 1.91. The van der Waals surface area contributed by atoms with Crippen LogP contribution < -0.4 is 4.90 Å². The lowest BCUT2D eigenvalue weighted by Crippen LogP contribution is -2.38. The minimum Gasteiger partial charge on any atom is -0.475 e. The average molecular weight is 509 g/mol. The molecule has 0 saturated carbocycles. The zero-order valence-corrected chi connectivity index (χ0v) is 19.7. The molecule has 0 aliphatic carbocycles. The summed E-state index contributed by atoms with van der Waals surface area (Å²) < 4.78 is 40.9. The molecule has 2 fully saturated rings. The minimum absolute atomic E-state index is 0.106. The Morgan fingerprint density at radius 2 is 1.75 bits per heavy atom. The highest BCUT2D eigenvalue weighted by atomic mass is 19.4. The first-order chi connectivity index (χ1) is 17.1. The predicted octanol–water partition coefficient (Wildman–Crippen LogP) is 2.56. The van der Waals surface area contributed by atoms with Gasteiger partial charge < -0.3 is 24.2 Å². The van der Waals surface area contributed by atoms with E-state index in [1.165, 1.54) is 0 Å². The third kappa shape index (κ3) is 5.78. The van der Waals surface area contributed by atoms with Crippen molar-refractivity contribution in [2.75, 3.05) is 44.3 Å². The molecule has 0 radical (unpaired) electrons. The number of likely N-dealkylation sites (tertiary alicyclic amines) is 1. The maximum absolute atomic E-state index is 12.7. The van der Waals surface area contributed by atoms with Crippen LogP contribution in [0.1, 0.15) is 35.1 Å². The fourth-order valence-corrected chi connectivity index (χ4v) is 4.26. The average Bonchev–Trinajstić information content (AvgIpc) is 3.49. The number of aromatic nitrogens is 4. The van der Waals surface area contributed by atoms with E-state index in [1.807, 2.05) is 45.4 Å². The van der Waals surface area contributed by atoms with E-state index in [-0.39, 0.29) is 5.91 Å². The topological polar surface area (TPSA) is 105 Å². The number of rotatable bonds is 3. The molecule has 36 heavy (non-hydrogen) atoms.